The topological polar surface area (TPSA) is 67.4 Å². The number of anilines is 1. The number of benzene rings is 3. The summed E-state index contributed by atoms with van der Waals surface area (Å²) in [5.41, 5.74) is 2.90. The second-order valence-corrected chi connectivity index (χ2v) is 9.15. The summed E-state index contributed by atoms with van der Waals surface area (Å²) in [6, 6.07) is 24.2. The van der Waals surface area contributed by atoms with E-state index in [-0.39, 0.29) is 11.0 Å². The fourth-order valence-corrected chi connectivity index (χ4v) is 4.67. The van der Waals surface area contributed by atoms with Gasteiger partial charge in [0.1, 0.15) is 11.9 Å². The molecule has 4 rings (SSSR count). The lowest BCUT2D eigenvalue weighted by atomic mass is 10.00. The van der Waals surface area contributed by atoms with Crippen molar-refractivity contribution >= 4 is 15.7 Å². The van der Waals surface area contributed by atoms with Crippen molar-refractivity contribution in [2.75, 3.05) is 11.3 Å². The van der Waals surface area contributed by atoms with Crippen molar-refractivity contribution in [1.29, 1.82) is 0 Å². The Labute approximate surface area is 178 Å². The van der Waals surface area contributed by atoms with Crippen molar-refractivity contribution in [3.63, 3.8) is 0 Å². The van der Waals surface area contributed by atoms with Crippen LogP contribution in [0.4, 0.5) is 5.69 Å². The van der Waals surface area contributed by atoms with Crippen LogP contribution in [-0.4, -0.2) is 21.1 Å². The number of ether oxygens (including phenoxy) is 1. The molecule has 2 N–H and O–H groups in total. The second-order valence-electron chi connectivity index (χ2n) is 7.47. The molecule has 0 bridgehead atoms. The third kappa shape index (κ3) is 5.20. The van der Waals surface area contributed by atoms with Gasteiger partial charge in [0.25, 0.3) is 10.0 Å². The molecule has 0 aromatic heterocycles. The molecule has 30 heavy (non-hydrogen) atoms. The van der Waals surface area contributed by atoms with Crippen LogP contribution in [0.3, 0.4) is 0 Å². The molecule has 3 aromatic carbocycles. The molecular weight excluding hydrogens is 396 g/mol. The maximum Gasteiger partial charge on any atom is 0.261 e. The predicted octanol–water partition coefficient (Wildman–Crippen LogP) is 4.36. The molecular formula is C24H26N2O3S. The van der Waals surface area contributed by atoms with E-state index in [1.807, 2.05) is 24.3 Å². The molecule has 0 fully saturated rings. The molecule has 3 aromatic rings. The SMILES string of the molecule is O=S(=O)(Nc1ccc2c(c1)OC(CCNCc1ccccc1)CC2)c1ccccc1. The molecule has 1 aliphatic rings. The van der Waals surface area contributed by atoms with Gasteiger partial charge in [-0.25, -0.2) is 8.42 Å². The lowest BCUT2D eigenvalue weighted by Crippen LogP contribution is -2.27. The molecule has 1 aliphatic heterocycles. The summed E-state index contributed by atoms with van der Waals surface area (Å²) in [6.45, 7) is 1.71. The van der Waals surface area contributed by atoms with Crippen LogP contribution in [0.15, 0.2) is 83.8 Å². The van der Waals surface area contributed by atoms with E-state index in [1.165, 1.54) is 5.56 Å². The van der Waals surface area contributed by atoms with E-state index in [1.54, 1.807) is 42.5 Å². The van der Waals surface area contributed by atoms with Gasteiger partial charge in [-0.15, -0.1) is 0 Å². The average molecular weight is 423 g/mol. The Kier molecular flexibility index (Phi) is 6.35. The molecule has 1 heterocycles. The fraction of sp³-hybridized carbons (Fsp3) is 0.250. The molecule has 0 spiro atoms. The third-order valence-corrected chi connectivity index (χ3v) is 6.61. The van der Waals surface area contributed by atoms with Crippen LogP contribution in [0.1, 0.15) is 24.0 Å². The second kappa shape index (κ2) is 9.32. The summed E-state index contributed by atoms with van der Waals surface area (Å²) in [5, 5.41) is 3.46. The zero-order valence-electron chi connectivity index (χ0n) is 16.8. The summed E-state index contributed by atoms with van der Waals surface area (Å²) in [5.74, 6) is 0.766. The first-order chi connectivity index (χ1) is 14.6. The van der Waals surface area contributed by atoms with Crippen molar-refractivity contribution in [3.8, 4) is 5.75 Å². The van der Waals surface area contributed by atoms with E-state index in [4.69, 9.17) is 4.74 Å². The van der Waals surface area contributed by atoms with Gasteiger partial charge in [-0.05, 0) is 55.1 Å². The van der Waals surface area contributed by atoms with E-state index < -0.39 is 10.0 Å². The van der Waals surface area contributed by atoms with E-state index in [2.05, 4.69) is 22.2 Å². The van der Waals surface area contributed by atoms with Crippen LogP contribution >= 0.6 is 0 Å². The highest BCUT2D eigenvalue weighted by Crippen LogP contribution is 2.32. The lowest BCUT2D eigenvalue weighted by Gasteiger charge is -2.27. The molecule has 0 amide bonds. The summed E-state index contributed by atoms with van der Waals surface area (Å²) < 4.78 is 34.0. The number of aryl methyl sites for hydroxylation is 1. The zero-order valence-corrected chi connectivity index (χ0v) is 17.6. The summed E-state index contributed by atoms with van der Waals surface area (Å²) in [6.07, 6.45) is 2.94. The molecule has 0 saturated carbocycles. The first-order valence-corrected chi connectivity index (χ1v) is 11.7. The predicted molar refractivity (Wildman–Crippen MR) is 119 cm³/mol. The van der Waals surface area contributed by atoms with Gasteiger partial charge in [0.05, 0.1) is 10.6 Å². The van der Waals surface area contributed by atoms with E-state index in [9.17, 15) is 8.42 Å². The Balaban J connectivity index is 1.34. The Morgan fingerprint density at radius 1 is 0.933 bits per heavy atom. The number of hydrogen-bond donors (Lipinski definition) is 2. The number of sulfonamides is 1. The summed E-state index contributed by atoms with van der Waals surface area (Å²) >= 11 is 0. The maximum absolute atomic E-state index is 12.6. The zero-order chi connectivity index (χ0) is 20.8. The first-order valence-electron chi connectivity index (χ1n) is 10.2. The van der Waals surface area contributed by atoms with Crippen LogP contribution in [-0.2, 0) is 23.0 Å². The molecule has 6 heteroatoms. The van der Waals surface area contributed by atoms with Crippen molar-refractivity contribution in [1.82, 2.24) is 5.32 Å². The fourth-order valence-electron chi connectivity index (χ4n) is 3.60. The maximum atomic E-state index is 12.6. The molecule has 5 nitrogen and oxygen atoms in total. The van der Waals surface area contributed by atoms with E-state index in [0.717, 1.165) is 43.7 Å². The van der Waals surface area contributed by atoms with Crippen molar-refractivity contribution in [2.45, 2.75) is 36.8 Å². The quantitative estimate of drug-likeness (QED) is 0.529. The normalized spacial score (nSPS) is 15.8. The van der Waals surface area contributed by atoms with Gasteiger partial charge in [-0.1, -0.05) is 54.6 Å². The molecule has 0 aliphatic carbocycles. The Morgan fingerprint density at radius 3 is 2.43 bits per heavy atom. The average Bonchev–Trinajstić information content (AvgIpc) is 2.77. The Bertz CT molecular complexity index is 1070. The molecule has 0 saturated heterocycles. The van der Waals surface area contributed by atoms with Crippen LogP contribution in [0.2, 0.25) is 0 Å². The molecule has 156 valence electrons. The summed E-state index contributed by atoms with van der Waals surface area (Å²) in [7, 11) is -3.61. The van der Waals surface area contributed by atoms with Gasteiger partial charge in [0.15, 0.2) is 0 Å². The van der Waals surface area contributed by atoms with Gasteiger partial charge in [0, 0.05) is 12.6 Å². The van der Waals surface area contributed by atoms with Crippen LogP contribution in [0.25, 0.3) is 0 Å². The van der Waals surface area contributed by atoms with E-state index >= 15 is 0 Å². The van der Waals surface area contributed by atoms with Crippen molar-refractivity contribution < 1.29 is 13.2 Å². The number of rotatable bonds is 8. The Hall–Kier alpha value is -2.83. The van der Waals surface area contributed by atoms with Crippen molar-refractivity contribution in [3.05, 3.63) is 90.0 Å². The van der Waals surface area contributed by atoms with Crippen molar-refractivity contribution in [2.24, 2.45) is 0 Å². The minimum atomic E-state index is -3.61. The van der Waals surface area contributed by atoms with E-state index in [0.29, 0.717) is 5.69 Å². The van der Waals surface area contributed by atoms with Gasteiger partial charge in [-0.3, -0.25) is 4.72 Å². The van der Waals surface area contributed by atoms with Crippen LogP contribution in [0.5, 0.6) is 5.75 Å². The minimum Gasteiger partial charge on any atom is -0.490 e. The number of nitrogens with one attached hydrogen (secondary N) is 2. The largest absolute Gasteiger partial charge is 0.490 e. The summed E-state index contributed by atoms with van der Waals surface area (Å²) in [4.78, 5) is 0.242. The number of fused-ring (bicyclic) bond motifs is 1. The smallest absolute Gasteiger partial charge is 0.261 e. The third-order valence-electron chi connectivity index (χ3n) is 5.22. The first kappa shape index (κ1) is 20.4. The standard InChI is InChI=1S/C24H26N2O3S/c27-30(28,23-9-5-2-6-10-23)26-21-13-11-20-12-14-22(29-24(20)17-21)15-16-25-18-19-7-3-1-4-8-19/h1-11,13,17,22,25-26H,12,14-16,18H2. The lowest BCUT2D eigenvalue weighted by molar-refractivity contribution is 0.163. The monoisotopic (exact) mass is 422 g/mol. The molecule has 1 unspecified atom stereocenters. The van der Waals surface area contributed by atoms with Crippen LogP contribution in [0, 0.1) is 0 Å². The minimum absolute atomic E-state index is 0.127. The Morgan fingerprint density at radius 2 is 1.67 bits per heavy atom. The van der Waals surface area contributed by atoms with Crippen LogP contribution < -0.4 is 14.8 Å². The molecule has 1 atom stereocenters. The van der Waals surface area contributed by atoms with Gasteiger partial charge < -0.3 is 10.1 Å². The highest BCUT2D eigenvalue weighted by Gasteiger charge is 2.21. The molecule has 0 radical (unpaired) electrons. The van der Waals surface area contributed by atoms with Gasteiger partial charge in [-0.2, -0.15) is 0 Å². The highest BCUT2D eigenvalue weighted by atomic mass is 32.2. The highest BCUT2D eigenvalue weighted by molar-refractivity contribution is 7.92. The number of hydrogen-bond acceptors (Lipinski definition) is 4. The van der Waals surface area contributed by atoms with Gasteiger partial charge in [0.2, 0.25) is 0 Å². The van der Waals surface area contributed by atoms with Gasteiger partial charge >= 0.3 is 0 Å².